The molecule has 0 saturated carbocycles. The van der Waals surface area contributed by atoms with Crippen molar-refractivity contribution in [1.82, 2.24) is 4.98 Å². The van der Waals surface area contributed by atoms with Crippen LogP contribution in [-0.4, -0.2) is 18.0 Å². The molecule has 4 nitrogen and oxygen atoms in total. The van der Waals surface area contributed by atoms with Crippen LogP contribution in [0, 0.1) is 0 Å². The van der Waals surface area contributed by atoms with Crippen LogP contribution in [0.1, 0.15) is 10.4 Å². The highest BCUT2D eigenvalue weighted by Crippen LogP contribution is 2.22. The number of hydrogen-bond acceptors (Lipinski definition) is 3. The van der Waals surface area contributed by atoms with Crippen LogP contribution in [0.3, 0.4) is 0 Å². The van der Waals surface area contributed by atoms with E-state index in [1.807, 2.05) is 60.7 Å². The highest BCUT2D eigenvalue weighted by Gasteiger charge is 2.07. The summed E-state index contributed by atoms with van der Waals surface area (Å²) in [6, 6.07) is 20.6. The van der Waals surface area contributed by atoms with Gasteiger partial charge in [0.15, 0.2) is 0 Å². The molecule has 0 bridgehead atoms. The van der Waals surface area contributed by atoms with Crippen LogP contribution in [0.15, 0.2) is 72.9 Å². The van der Waals surface area contributed by atoms with Gasteiger partial charge in [0.05, 0.1) is 18.4 Å². The number of methoxy groups -OCH3 is 1. The third-order valence-corrected chi connectivity index (χ3v) is 3.42. The number of pyridine rings is 1. The highest BCUT2D eigenvalue weighted by atomic mass is 16.5. The Balaban J connectivity index is 1.77. The molecule has 0 fully saturated rings. The van der Waals surface area contributed by atoms with Gasteiger partial charge in [0.2, 0.25) is 0 Å². The molecule has 1 heterocycles. The van der Waals surface area contributed by atoms with Crippen LogP contribution in [0.25, 0.3) is 11.3 Å². The van der Waals surface area contributed by atoms with Gasteiger partial charge in [-0.05, 0) is 36.4 Å². The average Bonchev–Trinajstić information content (AvgIpc) is 2.63. The second kappa shape index (κ2) is 6.75. The number of carbonyl (C=O) groups excluding carboxylic acids is 1. The molecule has 3 rings (SSSR count). The van der Waals surface area contributed by atoms with Gasteiger partial charge in [0, 0.05) is 17.4 Å². The number of hydrogen-bond donors (Lipinski definition) is 1. The predicted octanol–water partition coefficient (Wildman–Crippen LogP) is 4.01. The summed E-state index contributed by atoms with van der Waals surface area (Å²) in [5.74, 6) is 0.594. The van der Waals surface area contributed by atoms with Crippen molar-refractivity contribution in [2.24, 2.45) is 0 Å². The Labute approximate surface area is 134 Å². The lowest BCUT2D eigenvalue weighted by molar-refractivity contribution is 0.102. The summed E-state index contributed by atoms with van der Waals surface area (Å²) in [5.41, 5.74) is 3.01. The van der Waals surface area contributed by atoms with Gasteiger partial charge in [-0.25, -0.2) is 0 Å². The monoisotopic (exact) mass is 304 g/mol. The van der Waals surface area contributed by atoms with Crippen LogP contribution < -0.4 is 10.1 Å². The van der Waals surface area contributed by atoms with Crippen molar-refractivity contribution in [1.29, 1.82) is 0 Å². The number of amides is 1. The van der Waals surface area contributed by atoms with E-state index in [4.69, 9.17) is 4.74 Å². The number of benzene rings is 2. The lowest BCUT2D eigenvalue weighted by atomic mass is 10.1. The van der Waals surface area contributed by atoms with E-state index in [9.17, 15) is 4.79 Å². The van der Waals surface area contributed by atoms with Crippen molar-refractivity contribution in [3.63, 3.8) is 0 Å². The summed E-state index contributed by atoms with van der Waals surface area (Å²) in [6.45, 7) is 0. The van der Waals surface area contributed by atoms with Crippen molar-refractivity contribution < 1.29 is 9.53 Å². The van der Waals surface area contributed by atoms with E-state index in [0.29, 0.717) is 5.56 Å². The molecule has 1 N–H and O–H groups in total. The maximum Gasteiger partial charge on any atom is 0.257 e. The number of carbonyl (C=O) groups is 1. The molecule has 0 aliphatic carbocycles. The van der Waals surface area contributed by atoms with Gasteiger partial charge in [0.1, 0.15) is 5.75 Å². The molecule has 3 aromatic rings. The number of rotatable bonds is 4. The van der Waals surface area contributed by atoms with E-state index in [-0.39, 0.29) is 5.91 Å². The number of anilines is 1. The number of ether oxygens (including phenoxy) is 1. The second-order valence-corrected chi connectivity index (χ2v) is 4.98. The summed E-state index contributed by atoms with van der Waals surface area (Å²) in [5, 5.41) is 2.84. The first-order chi connectivity index (χ1) is 11.3. The lowest BCUT2D eigenvalue weighted by Crippen LogP contribution is -2.12. The molecule has 4 heteroatoms. The Hall–Kier alpha value is -3.14. The Bertz CT molecular complexity index is 799. The zero-order chi connectivity index (χ0) is 16.1. The standard InChI is InChI=1S/C19H16N2O2/c1-23-17-9-5-6-14(12-17)18-11-10-15(13-20-18)19(22)21-16-7-3-2-4-8-16/h2-13H,1H3,(H,21,22). The zero-order valence-corrected chi connectivity index (χ0v) is 12.7. The molecule has 1 amide bonds. The van der Waals surface area contributed by atoms with E-state index in [0.717, 1.165) is 22.7 Å². The highest BCUT2D eigenvalue weighted by molar-refractivity contribution is 6.04. The van der Waals surface area contributed by atoms with Crippen LogP contribution in [0.5, 0.6) is 5.75 Å². The molecule has 0 atom stereocenters. The molecule has 2 aromatic carbocycles. The Morgan fingerprint density at radius 1 is 1.00 bits per heavy atom. The van der Waals surface area contributed by atoms with Crippen molar-refractivity contribution in [2.75, 3.05) is 12.4 Å². The molecular weight excluding hydrogens is 288 g/mol. The predicted molar refractivity (Wildman–Crippen MR) is 90.6 cm³/mol. The molecule has 0 radical (unpaired) electrons. The van der Waals surface area contributed by atoms with Gasteiger partial charge in [-0.2, -0.15) is 0 Å². The van der Waals surface area contributed by atoms with Crippen molar-refractivity contribution >= 4 is 11.6 Å². The topological polar surface area (TPSA) is 51.2 Å². The molecule has 114 valence electrons. The molecule has 0 unspecified atom stereocenters. The van der Waals surface area contributed by atoms with Crippen molar-refractivity contribution in [3.8, 4) is 17.0 Å². The summed E-state index contributed by atoms with van der Waals surface area (Å²) in [4.78, 5) is 16.6. The lowest BCUT2D eigenvalue weighted by Gasteiger charge is -2.07. The molecule has 0 aliphatic rings. The summed E-state index contributed by atoms with van der Waals surface area (Å²) < 4.78 is 5.21. The maximum absolute atomic E-state index is 12.2. The fourth-order valence-corrected chi connectivity index (χ4v) is 2.21. The average molecular weight is 304 g/mol. The van der Waals surface area contributed by atoms with E-state index in [1.54, 1.807) is 19.4 Å². The second-order valence-electron chi connectivity index (χ2n) is 4.98. The van der Waals surface area contributed by atoms with Gasteiger partial charge in [0.25, 0.3) is 5.91 Å². The Kier molecular flexibility index (Phi) is 4.34. The first-order valence-electron chi connectivity index (χ1n) is 7.23. The van der Waals surface area contributed by atoms with Gasteiger partial charge < -0.3 is 10.1 Å². The normalized spacial score (nSPS) is 10.1. The number of nitrogens with zero attached hydrogens (tertiary/aromatic N) is 1. The fourth-order valence-electron chi connectivity index (χ4n) is 2.21. The van der Waals surface area contributed by atoms with Crippen LogP contribution in [-0.2, 0) is 0 Å². The van der Waals surface area contributed by atoms with E-state index in [2.05, 4.69) is 10.3 Å². The van der Waals surface area contributed by atoms with Crippen LogP contribution in [0.2, 0.25) is 0 Å². The van der Waals surface area contributed by atoms with Gasteiger partial charge in [-0.3, -0.25) is 9.78 Å². The van der Waals surface area contributed by atoms with Crippen LogP contribution in [0.4, 0.5) is 5.69 Å². The number of aromatic nitrogens is 1. The molecular formula is C19H16N2O2. The van der Waals surface area contributed by atoms with Gasteiger partial charge in [-0.15, -0.1) is 0 Å². The maximum atomic E-state index is 12.2. The first kappa shape index (κ1) is 14.8. The van der Waals surface area contributed by atoms with E-state index < -0.39 is 0 Å². The Morgan fingerprint density at radius 2 is 1.83 bits per heavy atom. The zero-order valence-electron chi connectivity index (χ0n) is 12.7. The minimum Gasteiger partial charge on any atom is -0.497 e. The molecule has 0 saturated heterocycles. The largest absolute Gasteiger partial charge is 0.497 e. The number of para-hydroxylation sites is 1. The quantitative estimate of drug-likeness (QED) is 0.792. The first-order valence-corrected chi connectivity index (χ1v) is 7.23. The minimum atomic E-state index is -0.180. The van der Waals surface area contributed by atoms with Crippen LogP contribution >= 0.6 is 0 Å². The van der Waals surface area contributed by atoms with Crippen molar-refractivity contribution in [2.45, 2.75) is 0 Å². The van der Waals surface area contributed by atoms with Crippen molar-refractivity contribution in [3.05, 3.63) is 78.5 Å². The summed E-state index contributed by atoms with van der Waals surface area (Å²) in [6.07, 6.45) is 1.58. The molecule has 23 heavy (non-hydrogen) atoms. The fraction of sp³-hybridized carbons (Fsp3) is 0.0526. The SMILES string of the molecule is COc1cccc(-c2ccc(C(=O)Nc3ccccc3)cn2)c1. The van der Waals surface area contributed by atoms with Gasteiger partial charge >= 0.3 is 0 Å². The van der Waals surface area contributed by atoms with E-state index in [1.165, 1.54) is 0 Å². The smallest absolute Gasteiger partial charge is 0.257 e. The minimum absolute atomic E-state index is 0.180. The third kappa shape index (κ3) is 3.55. The van der Waals surface area contributed by atoms with Gasteiger partial charge in [-0.1, -0.05) is 30.3 Å². The van der Waals surface area contributed by atoms with E-state index >= 15 is 0 Å². The Morgan fingerprint density at radius 3 is 2.52 bits per heavy atom. The third-order valence-electron chi connectivity index (χ3n) is 3.42. The molecule has 1 aromatic heterocycles. The summed E-state index contributed by atoms with van der Waals surface area (Å²) in [7, 11) is 1.63. The molecule has 0 aliphatic heterocycles. The molecule has 0 spiro atoms. The number of nitrogens with one attached hydrogen (secondary N) is 1. The summed E-state index contributed by atoms with van der Waals surface area (Å²) >= 11 is 0.